The lowest BCUT2D eigenvalue weighted by Crippen LogP contribution is -2.66. The number of amides is 4. The van der Waals surface area contributed by atoms with E-state index in [2.05, 4.69) is 42.2 Å². The second-order valence-electron chi connectivity index (χ2n) is 12.0. The summed E-state index contributed by atoms with van der Waals surface area (Å²) in [5.74, 6) is -0.292. The summed E-state index contributed by atoms with van der Waals surface area (Å²) in [4.78, 5) is 45.4. The van der Waals surface area contributed by atoms with Gasteiger partial charge in [0.1, 0.15) is 17.8 Å². The predicted octanol–water partition coefficient (Wildman–Crippen LogP) is 5.40. The van der Waals surface area contributed by atoms with Gasteiger partial charge >= 0.3 is 6.03 Å². The van der Waals surface area contributed by atoms with Gasteiger partial charge in [-0.2, -0.15) is 5.01 Å². The number of furan rings is 1. The van der Waals surface area contributed by atoms with Crippen LogP contribution < -0.4 is 5.32 Å². The van der Waals surface area contributed by atoms with Crippen molar-refractivity contribution in [2.24, 2.45) is 0 Å². The van der Waals surface area contributed by atoms with E-state index in [1.807, 2.05) is 59.5 Å². The van der Waals surface area contributed by atoms with Crippen molar-refractivity contribution in [3.8, 4) is 0 Å². The van der Waals surface area contributed by atoms with Crippen LogP contribution in [0.2, 0.25) is 0 Å². The quantitative estimate of drug-likeness (QED) is 0.255. The monoisotopic (exact) mass is 615 g/mol. The fourth-order valence-electron chi connectivity index (χ4n) is 6.89. The molecule has 0 radical (unpaired) electrons. The second-order valence-corrected chi connectivity index (χ2v) is 12.0. The minimum absolute atomic E-state index is 0.0127. The Balaban J connectivity index is 1.21. The first-order chi connectivity index (χ1) is 22.5. The topological polar surface area (TPSA) is 89.3 Å². The van der Waals surface area contributed by atoms with Gasteiger partial charge in [-0.15, -0.1) is 6.58 Å². The average molecular weight is 616 g/mol. The minimum atomic E-state index is -0.734. The van der Waals surface area contributed by atoms with Gasteiger partial charge in [0, 0.05) is 24.9 Å². The molecule has 2 atom stereocenters. The highest BCUT2D eigenvalue weighted by Crippen LogP contribution is 2.32. The van der Waals surface area contributed by atoms with E-state index in [9.17, 15) is 14.4 Å². The summed E-state index contributed by atoms with van der Waals surface area (Å²) in [5.41, 5.74) is 3.78. The largest absolute Gasteiger partial charge is 0.464 e. The predicted molar refractivity (Wildman–Crippen MR) is 177 cm³/mol. The minimum Gasteiger partial charge on any atom is -0.464 e. The lowest BCUT2D eigenvalue weighted by Gasteiger charge is -2.46. The van der Waals surface area contributed by atoms with E-state index in [1.54, 1.807) is 27.3 Å². The second kappa shape index (κ2) is 12.7. The van der Waals surface area contributed by atoms with E-state index >= 15 is 0 Å². The first kappa shape index (κ1) is 29.6. The number of fused-ring (bicyclic) bond motifs is 3. The number of urea groups is 1. The van der Waals surface area contributed by atoms with Crippen LogP contribution in [0.25, 0.3) is 21.7 Å². The molecule has 234 valence electrons. The van der Waals surface area contributed by atoms with E-state index in [1.165, 1.54) is 0 Å². The standard InChI is InChI=1S/C37H37N5O4/c1-2-18-40(37(45)38-22-26-9-4-3-5-10-26)41-25-35(43)42-32(21-27-15-16-33-29(20-27)17-19-46-33)36(44)39(24-34(41)42)23-30-13-8-12-28-11-6-7-14-31(28)30/h2,4,6-17,19-20,32,34H,1,3,5,18,21-25H2,(H,38,45)/t32-,34+/m0/s1. The highest BCUT2D eigenvalue weighted by molar-refractivity contribution is 5.93. The number of nitrogens with one attached hydrogen (secondary N) is 1. The third-order valence-electron chi connectivity index (χ3n) is 9.12. The first-order valence-electron chi connectivity index (χ1n) is 15.8. The molecule has 4 amide bonds. The number of hydrazine groups is 1. The molecular formula is C37H37N5O4. The number of piperazine rings is 1. The molecule has 46 heavy (non-hydrogen) atoms. The Hall–Kier alpha value is -5.15. The van der Waals surface area contributed by atoms with Crippen LogP contribution in [0.4, 0.5) is 4.79 Å². The van der Waals surface area contributed by atoms with Crippen LogP contribution >= 0.6 is 0 Å². The number of nitrogens with zero attached hydrogens (tertiary/aromatic N) is 4. The fourth-order valence-corrected chi connectivity index (χ4v) is 6.89. The van der Waals surface area contributed by atoms with Crippen molar-refractivity contribution in [3.05, 3.63) is 121 Å². The van der Waals surface area contributed by atoms with Gasteiger partial charge in [-0.1, -0.05) is 72.8 Å². The zero-order chi connectivity index (χ0) is 31.6. The molecule has 0 bridgehead atoms. The van der Waals surface area contributed by atoms with Crippen molar-refractivity contribution < 1.29 is 18.8 Å². The molecule has 9 heteroatoms. The zero-order valence-corrected chi connectivity index (χ0v) is 25.7. The lowest BCUT2D eigenvalue weighted by molar-refractivity contribution is -0.157. The maximum Gasteiger partial charge on any atom is 0.332 e. The number of benzene rings is 3. The summed E-state index contributed by atoms with van der Waals surface area (Å²) >= 11 is 0. The summed E-state index contributed by atoms with van der Waals surface area (Å²) in [6.07, 6.45) is 11.3. The molecule has 1 N–H and O–H groups in total. The molecule has 0 saturated carbocycles. The van der Waals surface area contributed by atoms with E-state index in [0.29, 0.717) is 19.5 Å². The molecule has 3 aromatic carbocycles. The van der Waals surface area contributed by atoms with Crippen LogP contribution in [0.15, 0.2) is 114 Å². The molecule has 1 aliphatic carbocycles. The maximum absolute atomic E-state index is 14.4. The maximum atomic E-state index is 14.4. The van der Waals surface area contributed by atoms with Crippen molar-refractivity contribution >= 4 is 39.6 Å². The normalized spacial score (nSPS) is 19.9. The molecule has 2 saturated heterocycles. The average Bonchev–Trinajstić information content (AvgIpc) is 3.68. The van der Waals surface area contributed by atoms with Gasteiger partial charge in [-0.3, -0.25) is 14.6 Å². The van der Waals surface area contributed by atoms with Crippen molar-refractivity contribution in [1.82, 2.24) is 25.1 Å². The van der Waals surface area contributed by atoms with Crippen LogP contribution in [0.3, 0.4) is 0 Å². The number of allylic oxidation sites excluding steroid dienone is 2. The first-order valence-corrected chi connectivity index (χ1v) is 15.8. The van der Waals surface area contributed by atoms with Crippen molar-refractivity contribution in [1.29, 1.82) is 0 Å². The van der Waals surface area contributed by atoms with E-state index in [0.717, 1.165) is 51.3 Å². The summed E-state index contributed by atoms with van der Waals surface area (Å²) in [7, 11) is 0. The van der Waals surface area contributed by atoms with Crippen LogP contribution in [-0.2, 0) is 22.6 Å². The third kappa shape index (κ3) is 5.70. The number of carbonyl (C=O) groups is 3. The molecule has 7 rings (SSSR count). The van der Waals surface area contributed by atoms with Gasteiger partial charge in [0.15, 0.2) is 0 Å². The summed E-state index contributed by atoms with van der Waals surface area (Å²) in [6, 6.07) is 21.0. The smallest absolute Gasteiger partial charge is 0.332 e. The zero-order valence-electron chi connectivity index (χ0n) is 25.7. The number of hydrogen-bond acceptors (Lipinski definition) is 5. The Kier molecular flexibility index (Phi) is 8.15. The number of rotatable bonds is 9. The van der Waals surface area contributed by atoms with Crippen LogP contribution in [0.5, 0.6) is 0 Å². The summed E-state index contributed by atoms with van der Waals surface area (Å²) in [6.45, 7) is 5.14. The van der Waals surface area contributed by atoms with Gasteiger partial charge in [0.25, 0.3) is 0 Å². The molecule has 0 spiro atoms. The van der Waals surface area contributed by atoms with Gasteiger partial charge < -0.3 is 19.5 Å². The van der Waals surface area contributed by atoms with E-state index in [-0.39, 0.29) is 37.5 Å². The van der Waals surface area contributed by atoms with Gasteiger partial charge in [-0.25, -0.2) is 4.79 Å². The molecular weight excluding hydrogens is 578 g/mol. The van der Waals surface area contributed by atoms with Crippen LogP contribution in [-0.4, -0.2) is 76.0 Å². The molecule has 4 aromatic rings. The summed E-state index contributed by atoms with van der Waals surface area (Å²) in [5, 5.41) is 9.52. The van der Waals surface area contributed by atoms with Crippen LogP contribution in [0.1, 0.15) is 24.0 Å². The number of hydrogen-bond donors (Lipinski definition) is 1. The Bertz CT molecular complexity index is 1870. The van der Waals surface area contributed by atoms with Gasteiger partial charge in [0.2, 0.25) is 11.8 Å². The van der Waals surface area contributed by atoms with Crippen molar-refractivity contribution in [3.63, 3.8) is 0 Å². The Labute approximate surface area is 268 Å². The van der Waals surface area contributed by atoms with Crippen LogP contribution in [0, 0.1) is 0 Å². The highest BCUT2D eigenvalue weighted by atomic mass is 16.3. The molecule has 3 aliphatic rings. The van der Waals surface area contributed by atoms with E-state index < -0.39 is 12.2 Å². The SMILES string of the molecule is C=CCN(C(=O)NCC1=CCCC=C1)N1CC(=O)N2[C@@H](Cc3ccc4occc4c3)C(=O)N(Cc3cccc4ccccc34)C[C@@H]21. The van der Waals surface area contributed by atoms with Crippen molar-refractivity contribution in [2.75, 3.05) is 26.2 Å². The molecule has 2 aliphatic heterocycles. The lowest BCUT2D eigenvalue weighted by atomic mass is 9.98. The molecule has 1 aromatic heterocycles. The molecule has 2 fully saturated rings. The molecule has 9 nitrogen and oxygen atoms in total. The van der Waals surface area contributed by atoms with Crippen molar-refractivity contribution in [2.45, 2.75) is 38.0 Å². The Morgan fingerprint density at radius 3 is 2.76 bits per heavy atom. The highest BCUT2D eigenvalue weighted by Gasteiger charge is 2.52. The number of carbonyl (C=O) groups excluding carboxylic acids is 3. The van der Waals surface area contributed by atoms with E-state index in [4.69, 9.17) is 4.42 Å². The molecule has 3 heterocycles. The van der Waals surface area contributed by atoms with Gasteiger partial charge in [0.05, 0.1) is 25.9 Å². The Morgan fingerprint density at radius 1 is 1.04 bits per heavy atom. The third-order valence-corrected chi connectivity index (χ3v) is 9.12. The Morgan fingerprint density at radius 2 is 1.91 bits per heavy atom. The molecule has 0 unspecified atom stereocenters. The fraction of sp³-hybridized carbons (Fsp3) is 0.270. The van der Waals surface area contributed by atoms with Gasteiger partial charge in [-0.05, 0) is 58.5 Å². The summed E-state index contributed by atoms with van der Waals surface area (Å²) < 4.78 is 5.53.